The maximum absolute atomic E-state index is 12.3. The summed E-state index contributed by atoms with van der Waals surface area (Å²) in [5.74, 6) is -1.51. The summed E-state index contributed by atoms with van der Waals surface area (Å²) in [6.45, 7) is 4.14. The van der Waals surface area contributed by atoms with E-state index in [0.29, 0.717) is 0 Å². The second-order valence-electron chi connectivity index (χ2n) is 5.27. The van der Waals surface area contributed by atoms with Crippen LogP contribution in [0.5, 0.6) is 0 Å². The molecule has 7 nitrogen and oxygen atoms in total. The number of carbonyl (C=O) groups is 2. The fourth-order valence-corrected chi connectivity index (χ4v) is 2.75. The SMILES string of the molecule is Cc1ccc(S(=O)(=O)N(C)CC(=O)OCC(=O)OC(C)C)cc1. The molecule has 0 aliphatic heterocycles. The highest BCUT2D eigenvalue weighted by atomic mass is 32.2. The van der Waals surface area contributed by atoms with E-state index >= 15 is 0 Å². The van der Waals surface area contributed by atoms with Crippen LogP contribution in [-0.4, -0.2) is 51.0 Å². The highest BCUT2D eigenvalue weighted by Crippen LogP contribution is 2.14. The molecule has 0 unspecified atom stereocenters. The van der Waals surface area contributed by atoms with Crippen molar-refractivity contribution in [2.75, 3.05) is 20.2 Å². The Morgan fingerprint density at radius 2 is 1.70 bits per heavy atom. The van der Waals surface area contributed by atoms with Gasteiger partial charge in [0.05, 0.1) is 11.0 Å². The summed E-state index contributed by atoms with van der Waals surface area (Å²) in [6.07, 6.45) is -0.314. The van der Waals surface area contributed by atoms with Crippen LogP contribution in [0.4, 0.5) is 0 Å². The third-order valence-electron chi connectivity index (χ3n) is 2.80. The number of esters is 2. The third kappa shape index (κ3) is 5.99. The standard InChI is InChI=1S/C15H21NO6S/c1-11(2)22-15(18)10-21-14(17)9-16(4)23(19,20)13-7-5-12(3)6-8-13/h5-8,11H,9-10H2,1-4H3. The molecule has 1 aromatic rings. The second kappa shape index (κ2) is 8.07. The third-order valence-corrected chi connectivity index (χ3v) is 4.62. The minimum absolute atomic E-state index is 0.0811. The van der Waals surface area contributed by atoms with Crippen molar-refractivity contribution in [3.63, 3.8) is 0 Å². The van der Waals surface area contributed by atoms with Gasteiger partial charge >= 0.3 is 11.9 Å². The molecule has 0 bridgehead atoms. The van der Waals surface area contributed by atoms with Crippen LogP contribution < -0.4 is 0 Å². The number of benzene rings is 1. The predicted octanol–water partition coefficient (Wildman–Crippen LogP) is 1.11. The van der Waals surface area contributed by atoms with E-state index in [-0.39, 0.29) is 11.0 Å². The molecule has 0 aliphatic carbocycles. The van der Waals surface area contributed by atoms with E-state index in [2.05, 4.69) is 0 Å². The van der Waals surface area contributed by atoms with Gasteiger partial charge in [0.1, 0.15) is 6.54 Å². The van der Waals surface area contributed by atoms with Crippen molar-refractivity contribution < 1.29 is 27.5 Å². The van der Waals surface area contributed by atoms with Gasteiger partial charge < -0.3 is 9.47 Å². The van der Waals surface area contributed by atoms with E-state index in [1.54, 1.807) is 26.0 Å². The first-order valence-electron chi connectivity index (χ1n) is 7.01. The fourth-order valence-electron chi connectivity index (χ4n) is 1.64. The van der Waals surface area contributed by atoms with Crippen LogP contribution in [0.1, 0.15) is 19.4 Å². The van der Waals surface area contributed by atoms with Crippen LogP contribution in [0.3, 0.4) is 0 Å². The zero-order valence-corrected chi connectivity index (χ0v) is 14.4. The lowest BCUT2D eigenvalue weighted by Crippen LogP contribution is -2.34. The molecule has 0 aliphatic rings. The van der Waals surface area contributed by atoms with Crippen LogP contribution in [0, 0.1) is 6.92 Å². The van der Waals surface area contributed by atoms with Gasteiger partial charge in [-0.05, 0) is 32.9 Å². The number of sulfonamides is 1. The molecule has 0 atom stereocenters. The Kier molecular flexibility index (Phi) is 6.71. The fraction of sp³-hybridized carbons (Fsp3) is 0.467. The Bertz CT molecular complexity index is 651. The van der Waals surface area contributed by atoms with Crippen LogP contribution >= 0.6 is 0 Å². The predicted molar refractivity (Wildman–Crippen MR) is 83.2 cm³/mol. The molecule has 23 heavy (non-hydrogen) atoms. The second-order valence-corrected chi connectivity index (χ2v) is 7.32. The van der Waals surface area contributed by atoms with Crippen molar-refractivity contribution in [2.24, 2.45) is 0 Å². The first-order valence-corrected chi connectivity index (χ1v) is 8.45. The van der Waals surface area contributed by atoms with E-state index in [1.807, 2.05) is 6.92 Å². The lowest BCUT2D eigenvalue weighted by molar-refractivity contribution is -0.161. The molecule has 0 aromatic heterocycles. The van der Waals surface area contributed by atoms with Crippen LogP contribution in [0.15, 0.2) is 29.2 Å². The molecule has 0 amide bonds. The molecular weight excluding hydrogens is 322 g/mol. The van der Waals surface area contributed by atoms with Gasteiger partial charge in [-0.15, -0.1) is 0 Å². The normalized spacial score (nSPS) is 11.6. The molecule has 0 spiro atoms. The van der Waals surface area contributed by atoms with Gasteiger partial charge in [0.25, 0.3) is 0 Å². The summed E-state index contributed by atoms with van der Waals surface area (Å²) >= 11 is 0. The Hall–Kier alpha value is -1.93. The van der Waals surface area contributed by atoms with E-state index in [4.69, 9.17) is 9.47 Å². The van der Waals surface area contributed by atoms with Gasteiger partial charge in [-0.1, -0.05) is 17.7 Å². The van der Waals surface area contributed by atoms with Crippen LogP contribution in [0.25, 0.3) is 0 Å². The van der Waals surface area contributed by atoms with E-state index in [0.717, 1.165) is 9.87 Å². The Balaban J connectivity index is 2.60. The minimum atomic E-state index is -3.79. The Morgan fingerprint density at radius 1 is 1.13 bits per heavy atom. The average molecular weight is 343 g/mol. The smallest absolute Gasteiger partial charge is 0.344 e. The zero-order valence-electron chi connectivity index (χ0n) is 13.6. The van der Waals surface area contributed by atoms with Gasteiger partial charge in [0.2, 0.25) is 10.0 Å². The molecule has 0 N–H and O–H groups in total. The molecule has 1 aromatic carbocycles. The monoisotopic (exact) mass is 343 g/mol. The van der Waals surface area contributed by atoms with Gasteiger partial charge in [-0.3, -0.25) is 4.79 Å². The Labute approximate surface area is 136 Å². The molecule has 0 heterocycles. The lowest BCUT2D eigenvalue weighted by Gasteiger charge is -2.16. The molecule has 0 radical (unpaired) electrons. The van der Waals surface area contributed by atoms with Crippen molar-refractivity contribution in [3.05, 3.63) is 29.8 Å². The summed E-state index contributed by atoms with van der Waals surface area (Å²) in [5, 5.41) is 0. The summed E-state index contributed by atoms with van der Waals surface area (Å²) in [7, 11) is -2.53. The topological polar surface area (TPSA) is 90.0 Å². The van der Waals surface area contributed by atoms with Gasteiger partial charge in [0, 0.05) is 7.05 Å². The summed E-state index contributed by atoms with van der Waals surface area (Å²) in [4.78, 5) is 23.0. The molecule has 128 valence electrons. The maximum atomic E-state index is 12.3. The summed E-state index contributed by atoms with van der Waals surface area (Å²) in [5.41, 5.74) is 0.926. The zero-order chi connectivity index (χ0) is 17.6. The van der Waals surface area contributed by atoms with Crippen molar-refractivity contribution >= 4 is 22.0 Å². The van der Waals surface area contributed by atoms with Gasteiger partial charge in [-0.25, -0.2) is 13.2 Å². The number of nitrogens with zero attached hydrogens (tertiary/aromatic N) is 1. The summed E-state index contributed by atoms with van der Waals surface area (Å²) < 4.78 is 35.0. The van der Waals surface area contributed by atoms with Crippen LogP contribution in [0.2, 0.25) is 0 Å². The number of ether oxygens (including phenoxy) is 2. The Morgan fingerprint density at radius 3 is 2.22 bits per heavy atom. The van der Waals surface area contributed by atoms with Crippen LogP contribution in [-0.2, 0) is 29.1 Å². The number of hydrogen-bond donors (Lipinski definition) is 0. The van der Waals surface area contributed by atoms with Crippen molar-refractivity contribution in [1.29, 1.82) is 0 Å². The number of likely N-dealkylation sites (N-methyl/N-ethyl adjacent to an activating group) is 1. The largest absolute Gasteiger partial charge is 0.460 e. The summed E-state index contributed by atoms with van der Waals surface area (Å²) in [6, 6.07) is 6.26. The molecule has 1 rings (SSSR count). The van der Waals surface area contributed by atoms with Crippen molar-refractivity contribution in [3.8, 4) is 0 Å². The van der Waals surface area contributed by atoms with E-state index in [1.165, 1.54) is 19.2 Å². The lowest BCUT2D eigenvalue weighted by atomic mass is 10.2. The van der Waals surface area contributed by atoms with Gasteiger partial charge in [-0.2, -0.15) is 4.31 Å². The quantitative estimate of drug-likeness (QED) is 0.689. The van der Waals surface area contributed by atoms with E-state index in [9.17, 15) is 18.0 Å². The molecule has 0 saturated carbocycles. The molecule has 0 saturated heterocycles. The molecule has 8 heteroatoms. The maximum Gasteiger partial charge on any atom is 0.344 e. The molecule has 0 fully saturated rings. The van der Waals surface area contributed by atoms with Crippen molar-refractivity contribution in [1.82, 2.24) is 4.31 Å². The van der Waals surface area contributed by atoms with E-state index < -0.39 is 35.1 Å². The first kappa shape index (κ1) is 19.1. The number of rotatable bonds is 7. The number of aryl methyl sites for hydroxylation is 1. The average Bonchev–Trinajstić information content (AvgIpc) is 2.44. The number of carbonyl (C=O) groups excluding carboxylic acids is 2. The first-order chi connectivity index (χ1) is 10.6. The number of hydrogen-bond acceptors (Lipinski definition) is 6. The highest BCUT2D eigenvalue weighted by Gasteiger charge is 2.23. The van der Waals surface area contributed by atoms with Crippen molar-refractivity contribution in [2.45, 2.75) is 31.8 Å². The molecular formula is C15H21NO6S. The van der Waals surface area contributed by atoms with Gasteiger partial charge in [0.15, 0.2) is 6.61 Å². The highest BCUT2D eigenvalue weighted by molar-refractivity contribution is 7.89. The minimum Gasteiger partial charge on any atom is -0.460 e.